The molecule has 0 unspecified atom stereocenters. The molecule has 0 radical (unpaired) electrons. The summed E-state index contributed by atoms with van der Waals surface area (Å²) in [5, 5.41) is 39.7. The van der Waals surface area contributed by atoms with Gasteiger partial charge in [0.2, 0.25) is 5.78 Å². The first-order valence-electron chi connectivity index (χ1n) is 13.1. The van der Waals surface area contributed by atoms with Crippen LogP contribution in [0.4, 0.5) is 17.1 Å². The topological polar surface area (TPSA) is 117 Å². The Bertz CT molecular complexity index is 1250. The number of aliphatic imine (C=N–C) groups is 1. The average molecular weight is 522 g/mol. The number of aliphatic hydroxyl groups excluding tert-OH is 4. The molecule has 2 aromatic carbocycles. The first-order chi connectivity index (χ1) is 18.3. The molecule has 38 heavy (non-hydrogen) atoms. The molecule has 0 aliphatic heterocycles. The molecule has 0 saturated carbocycles. The fourth-order valence-corrected chi connectivity index (χ4v) is 4.74. The molecule has 1 aliphatic rings. The van der Waals surface area contributed by atoms with Gasteiger partial charge in [0.25, 0.3) is 0 Å². The van der Waals surface area contributed by atoms with Crippen LogP contribution in [-0.2, 0) is 11.2 Å². The zero-order chi connectivity index (χ0) is 27.8. The van der Waals surface area contributed by atoms with Crippen LogP contribution in [0.25, 0.3) is 0 Å². The lowest BCUT2D eigenvalue weighted by Gasteiger charge is -2.24. The quantitative estimate of drug-likeness (QED) is 0.316. The lowest BCUT2D eigenvalue weighted by Crippen LogP contribution is -2.26. The number of hydrogen-bond donors (Lipinski definition) is 4. The van der Waals surface area contributed by atoms with E-state index in [-0.39, 0.29) is 24.7 Å². The van der Waals surface area contributed by atoms with Crippen molar-refractivity contribution in [1.29, 1.82) is 0 Å². The van der Waals surface area contributed by atoms with Crippen LogP contribution in [0.2, 0.25) is 0 Å². The summed E-state index contributed by atoms with van der Waals surface area (Å²) in [5.74, 6) is -0.615. The molecule has 0 saturated heterocycles. The highest BCUT2D eigenvalue weighted by Crippen LogP contribution is 2.30. The number of allylic oxidation sites excluding steroid dienone is 2. The van der Waals surface area contributed by atoms with Crippen molar-refractivity contribution < 1.29 is 25.2 Å². The number of aryl methyl sites for hydroxylation is 2. The zero-order valence-electron chi connectivity index (χ0n) is 22.7. The zero-order valence-corrected chi connectivity index (χ0v) is 22.7. The molecule has 204 valence electrons. The highest BCUT2D eigenvalue weighted by molar-refractivity contribution is 6.51. The summed E-state index contributed by atoms with van der Waals surface area (Å²) >= 11 is 0. The maximum Gasteiger partial charge on any atom is 0.208 e. The molecule has 0 atom stereocenters. The Hall–Kier alpha value is -3.46. The van der Waals surface area contributed by atoms with Gasteiger partial charge in [-0.05, 0) is 74.7 Å². The summed E-state index contributed by atoms with van der Waals surface area (Å²) in [5.41, 5.74) is 6.26. The van der Waals surface area contributed by atoms with E-state index in [0.717, 1.165) is 41.2 Å². The van der Waals surface area contributed by atoms with Crippen molar-refractivity contribution in [2.45, 2.75) is 34.1 Å². The fourth-order valence-electron chi connectivity index (χ4n) is 4.74. The number of rotatable bonds is 12. The molecule has 0 spiro atoms. The van der Waals surface area contributed by atoms with Crippen molar-refractivity contribution in [3.8, 4) is 0 Å². The number of anilines is 2. The van der Waals surface area contributed by atoms with Gasteiger partial charge in [0.1, 0.15) is 11.5 Å². The summed E-state index contributed by atoms with van der Waals surface area (Å²) in [6, 6.07) is 11.7. The Balaban J connectivity index is 1.98. The van der Waals surface area contributed by atoms with Crippen molar-refractivity contribution in [3.63, 3.8) is 0 Å². The maximum absolute atomic E-state index is 12.9. The molecule has 4 N–H and O–H groups in total. The van der Waals surface area contributed by atoms with Crippen molar-refractivity contribution in [2.24, 2.45) is 4.99 Å². The van der Waals surface area contributed by atoms with Gasteiger partial charge in [0.15, 0.2) is 0 Å². The molecule has 3 rings (SSSR count). The van der Waals surface area contributed by atoms with Crippen molar-refractivity contribution in [2.75, 3.05) is 55.8 Å². The summed E-state index contributed by atoms with van der Waals surface area (Å²) < 4.78 is 0. The molecule has 0 amide bonds. The van der Waals surface area contributed by atoms with Crippen molar-refractivity contribution >= 4 is 28.6 Å². The SMILES string of the molecule is CCN(CCO)c1ccc(CC2=C(CO)C(=Nc3ccc(N(CC)CCO)cc3C)C(=O)C=C2O)c(C)c1. The van der Waals surface area contributed by atoms with Gasteiger partial charge < -0.3 is 30.2 Å². The second-order valence-corrected chi connectivity index (χ2v) is 9.33. The summed E-state index contributed by atoms with van der Waals surface area (Å²) in [7, 11) is 0. The molecule has 0 fully saturated rings. The predicted molar refractivity (Wildman–Crippen MR) is 153 cm³/mol. The molecule has 0 bridgehead atoms. The van der Waals surface area contributed by atoms with Gasteiger partial charge in [-0.15, -0.1) is 0 Å². The monoisotopic (exact) mass is 521 g/mol. The lowest BCUT2D eigenvalue weighted by molar-refractivity contribution is -0.109. The van der Waals surface area contributed by atoms with E-state index in [1.165, 1.54) is 6.08 Å². The number of carbonyl (C=O) groups excluding carboxylic acids is 1. The molecule has 2 aromatic rings. The van der Waals surface area contributed by atoms with E-state index in [1.807, 2.05) is 69.0 Å². The van der Waals surface area contributed by atoms with Gasteiger partial charge in [-0.3, -0.25) is 4.79 Å². The highest BCUT2D eigenvalue weighted by Gasteiger charge is 2.27. The Morgan fingerprint density at radius 3 is 1.89 bits per heavy atom. The van der Waals surface area contributed by atoms with E-state index in [9.17, 15) is 25.2 Å². The molecule has 1 aliphatic carbocycles. The van der Waals surface area contributed by atoms with Crippen LogP contribution in [0.1, 0.15) is 30.5 Å². The normalized spacial score (nSPS) is 14.8. The molecular formula is C30H39N3O5. The smallest absolute Gasteiger partial charge is 0.208 e. The number of ketones is 1. The molecular weight excluding hydrogens is 482 g/mol. The van der Waals surface area contributed by atoms with E-state index in [4.69, 9.17) is 0 Å². The standard InChI is InChI=1S/C30H39N3O5/c1-5-32(11-13-34)23-8-7-22(20(3)15-23)17-25-26(19-36)30(29(38)18-28(25)37)31-27-10-9-24(16-21(27)4)33(6-2)12-14-35/h7-10,15-16,18,34-37H,5-6,11-14,17,19H2,1-4H3. The van der Waals surface area contributed by atoms with Crippen LogP contribution in [0.15, 0.2) is 64.4 Å². The Morgan fingerprint density at radius 1 is 0.816 bits per heavy atom. The third-order valence-electron chi connectivity index (χ3n) is 6.96. The third kappa shape index (κ3) is 6.51. The first kappa shape index (κ1) is 29.1. The number of benzene rings is 2. The largest absolute Gasteiger partial charge is 0.508 e. The van der Waals surface area contributed by atoms with Crippen LogP contribution < -0.4 is 9.80 Å². The molecule has 8 nitrogen and oxygen atoms in total. The first-order valence-corrected chi connectivity index (χ1v) is 13.1. The van der Waals surface area contributed by atoms with Gasteiger partial charge in [-0.1, -0.05) is 6.07 Å². The summed E-state index contributed by atoms with van der Waals surface area (Å²) in [4.78, 5) is 21.7. The minimum Gasteiger partial charge on any atom is -0.508 e. The summed E-state index contributed by atoms with van der Waals surface area (Å²) in [6.07, 6.45) is 1.49. The van der Waals surface area contributed by atoms with E-state index < -0.39 is 12.4 Å². The second-order valence-electron chi connectivity index (χ2n) is 9.33. The minimum absolute atomic E-state index is 0.0520. The fraction of sp³-hybridized carbons (Fsp3) is 0.400. The number of carbonyl (C=O) groups is 1. The van der Waals surface area contributed by atoms with Crippen LogP contribution in [0.3, 0.4) is 0 Å². The molecule has 8 heteroatoms. The van der Waals surface area contributed by atoms with E-state index in [0.29, 0.717) is 36.3 Å². The lowest BCUT2D eigenvalue weighted by atomic mass is 9.88. The second kappa shape index (κ2) is 13.4. The van der Waals surface area contributed by atoms with E-state index in [1.54, 1.807) is 0 Å². The average Bonchev–Trinajstić information content (AvgIpc) is 2.90. The van der Waals surface area contributed by atoms with Gasteiger partial charge in [-0.25, -0.2) is 4.99 Å². The highest BCUT2D eigenvalue weighted by atomic mass is 16.3. The number of nitrogens with zero attached hydrogens (tertiary/aromatic N) is 3. The van der Waals surface area contributed by atoms with E-state index >= 15 is 0 Å². The molecule has 0 aromatic heterocycles. The van der Waals surface area contributed by atoms with Gasteiger partial charge in [0, 0.05) is 61.2 Å². The maximum atomic E-state index is 12.9. The van der Waals surface area contributed by atoms with Gasteiger partial charge in [0.05, 0.1) is 25.5 Å². The Labute approximate surface area is 224 Å². The van der Waals surface area contributed by atoms with Crippen molar-refractivity contribution in [3.05, 3.63) is 76.1 Å². The van der Waals surface area contributed by atoms with Crippen LogP contribution in [-0.4, -0.2) is 77.9 Å². The number of aliphatic hydroxyl groups is 4. The van der Waals surface area contributed by atoms with Crippen LogP contribution >= 0.6 is 0 Å². The van der Waals surface area contributed by atoms with Crippen molar-refractivity contribution in [1.82, 2.24) is 0 Å². The number of hydrogen-bond acceptors (Lipinski definition) is 8. The summed E-state index contributed by atoms with van der Waals surface area (Å²) in [6.45, 7) is 10.2. The Morgan fingerprint density at radius 2 is 1.39 bits per heavy atom. The number of likely N-dealkylation sites (N-methyl/N-ethyl adjacent to an activating group) is 2. The molecule has 0 heterocycles. The third-order valence-corrected chi connectivity index (χ3v) is 6.96. The van der Waals surface area contributed by atoms with Crippen LogP contribution in [0, 0.1) is 13.8 Å². The Kier molecular flexibility index (Phi) is 10.2. The van der Waals surface area contributed by atoms with Gasteiger partial charge in [-0.2, -0.15) is 0 Å². The predicted octanol–water partition coefficient (Wildman–Crippen LogP) is 3.57. The van der Waals surface area contributed by atoms with E-state index in [2.05, 4.69) is 9.89 Å². The van der Waals surface area contributed by atoms with Gasteiger partial charge >= 0.3 is 0 Å². The van der Waals surface area contributed by atoms with Crippen LogP contribution in [0.5, 0.6) is 0 Å². The minimum atomic E-state index is -0.455.